The van der Waals surface area contributed by atoms with Crippen molar-refractivity contribution < 1.29 is 14.2 Å². The fourth-order valence-corrected chi connectivity index (χ4v) is 1.72. The van der Waals surface area contributed by atoms with Crippen molar-refractivity contribution in [3.8, 4) is 0 Å². The number of benzene rings is 1. The number of aliphatic hydroxyl groups is 1. The van der Waals surface area contributed by atoms with E-state index < -0.39 is 6.10 Å². The lowest BCUT2D eigenvalue weighted by Gasteiger charge is -2.20. The summed E-state index contributed by atoms with van der Waals surface area (Å²) >= 11 is 0. The van der Waals surface area contributed by atoms with E-state index in [0.717, 1.165) is 5.56 Å². The van der Waals surface area contributed by atoms with E-state index in [1.165, 1.54) is 6.07 Å². The van der Waals surface area contributed by atoms with E-state index in [9.17, 15) is 9.50 Å². The number of aliphatic hydroxyl groups excluding tert-OH is 1. The van der Waals surface area contributed by atoms with Gasteiger partial charge >= 0.3 is 0 Å². The minimum Gasteiger partial charge on any atom is -0.389 e. The van der Waals surface area contributed by atoms with Crippen LogP contribution in [-0.4, -0.2) is 43.4 Å². The molecule has 0 aromatic heterocycles. The smallest absolute Gasteiger partial charge is 0.126 e. The standard InChI is InChI=1S/C13H20FNO2/c1-10-4-5-11(6-13(10)14)7-15(2)8-12(16)9-17-3/h4-6,12,16H,7-9H2,1-3H3/t12-/m0/s1. The van der Waals surface area contributed by atoms with Crippen molar-refractivity contribution in [2.75, 3.05) is 27.3 Å². The Morgan fingerprint density at radius 1 is 1.47 bits per heavy atom. The van der Waals surface area contributed by atoms with Crippen LogP contribution in [0, 0.1) is 12.7 Å². The molecule has 96 valence electrons. The molecule has 0 heterocycles. The van der Waals surface area contributed by atoms with Gasteiger partial charge in [0.2, 0.25) is 0 Å². The second-order valence-corrected chi connectivity index (χ2v) is 4.39. The molecule has 0 aliphatic heterocycles. The fourth-order valence-electron chi connectivity index (χ4n) is 1.72. The molecule has 0 amide bonds. The van der Waals surface area contributed by atoms with E-state index in [1.807, 2.05) is 18.0 Å². The lowest BCUT2D eigenvalue weighted by Crippen LogP contribution is -2.31. The first-order chi connectivity index (χ1) is 8.02. The van der Waals surface area contributed by atoms with Gasteiger partial charge in [0, 0.05) is 20.2 Å². The average molecular weight is 241 g/mol. The monoisotopic (exact) mass is 241 g/mol. The van der Waals surface area contributed by atoms with Gasteiger partial charge < -0.3 is 9.84 Å². The Balaban J connectivity index is 2.50. The van der Waals surface area contributed by atoms with E-state index in [4.69, 9.17) is 4.74 Å². The molecule has 1 N–H and O–H groups in total. The Kier molecular flexibility index (Phi) is 5.55. The Hall–Kier alpha value is -0.970. The van der Waals surface area contributed by atoms with Gasteiger partial charge in [0.05, 0.1) is 12.7 Å². The summed E-state index contributed by atoms with van der Waals surface area (Å²) in [7, 11) is 3.44. The summed E-state index contributed by atoms with van der Waals surface area (Å²) in [5, 5.41) is 9.56. The number of aryl methyl sites for hydroxylation is 1. The highest BCUT2D eigenvalue weighted by Gasteiger charge is 2.09. The van der Waals surface area contributed by atoms with E-state index in [2.05, 4.69) is 0 Å². The molecule has 0 radical (unpaired) electrons. The van der Waals surface area contributed by atoms with Crippen molar-refractivity contribution in [3.05, 3.63) is 35.1 Å². The molecule has 17 heavy (non-hydrogen) atoms. The number of halogens is 1. The van der Waals surface area contributed by atoms with Gasteiger partial charge in [-0.05, 0) is 31.2 Å². The molecule has 0 unspecified atom stereocenters. The Morgan fingerprint density at radius 3 is 2.76 bits per heavy atom. The number of rotatable bonds is 6. The lowest BCUT2D eigenvalue weighted by atomic mass is 10.1. The first-order valence-corrected chi connectivity index (χ1v) is 5.63. The van der Waals surface area contributed by atoms with Gasteiger partial charge in [-0.2, -0.15) is 0 Å². The minimum absolute atomic E-state index is 0.187. The van der Waals surface area contributed by atoms with Gasteiger partial charge in [-0.3, -0.25) is 4.90 Å². The van der Waals surface area contributed by atoms with Crippen molar-refractivity contribution in [3.63, 3.8) is 0 Å². The third kappa shape index (κ3) is 4.81. The van der Waals surface area contributed by atoms with Crippen LogP contribution in [0.2, 0.25) is 0 Å². The third-order valence-corrected chi connectivity index (χ3v) is 2.57. The largest absolute Gasteiger partial charge is 0.389 e. The molecule has 1 rings (SSSR count). The van der Waals surface area contributed by atoms with E-state index in [1.54, 1.807) is 20.1 Å². The maximum Gasteiger partial charge on any atom is 0.126 e. The van der Waals surface area contributed by atoms with E-state index >= 15 is 0 Å². The molecular formula is C13H20FNO2. The lowest BCUT2D eigenvalue weighted by molar-refractivity contribution is 0.0418. The Morgan fingerprint density at radius 2 is 2.18 bits per heavy atom. The van der Waals surface area contributed by atoms with Crippen LogP contribution in [0.1, 0.15) is 11.1 Å². The minimum atomic E-state index is -0.514. The highest BCUT2D eigenvalue weighted by Crippen LogP contribution is 2.10. The fraction of sp³-hybridized carbons (Fsp3) is 0.538. The van der Waals surface area contributed by atoms with Crippen LogP contribution in [0.25, 0.3) is 0 Å². The zero-order valence-electron chi connectivity index (χ0n) is 10.6. The molecular weight excluding hydrogens is 221 g/mol. The number of hydrogen-bond donors (Lipinski definition) is 1. The quantitative estimate of drug-likeness (QED) is 0.820. The normalized spacial score (nSPS) is 13.1. The van der Waals surface area contributed by atoms with Crippen LogP contribution >= 0.6 is 0 Å². The van der Waals surface area contributed by atoms with Crippen LogP contribution in [0.4, 0.5) is 4.39 Å². The van der Waals surface area contributed by atoms with Crippen LogP contribution in [0.5, 0.6) is 0 Å². The SMILES string of the molecule is COC[C@@H](O)CN(C)Cc1ccc(C)c(F)c1. The van der Waals surface area contributed by atoms with Gasteiger partial charge in [0.1, 0.15) is 5.82 Å². The molecule has 0 fully saturated rings. The molecule has 0 aliphatic carbocycles. The van der Waals surface area contributed by atoms with Crippen molar-refractivity contribution >= 4 is 0 Å². The maximum atomic E-state index is 13.3. The van der Waals surface area contributed by atoms with Crippen molar-refractivity contribution in [1.82, 2.24) is 4.90 Å². The number of methoxy groups -OCH3 is 1. The van der Waals surface area contributed by atoms with Gasteiger partial charge in [-0.15, -0.1) is 0 Å². The highest BCUT2D eigenvalue weighted by molar-refractivity contribution is 5.23. The van der Waals surface area contributed by atoms with Gasteiger partial charge in [-0.1, -0.05) is 12.1 Å². The molecule has 0 saturated heterocycles. The Labute approximate surface area is 102 Å². The number of hydrogen-bond acceptors (Lipinski definition) is 3. The molecule has 1 atom stereocenters. The van der Waals surface area contributed by atoms with Gasteiger partial charge in [-0.25, -0.2) is 4.39 Å². The molecule has 0 bridgehead atoms. The summed E-state index contributed by atoms with van der Waals surface area (Å²) in [4.78, 5) is 1.94. The van der Waals surface area contributed by atoms with Gasteiger partial charge in [0.25, 0.3) is 0 Å². The third-order valence-electron chi connectivity index (χ3n) is 2.57. The molecule has 0 spiro atoms. The zero-order chi connectivity index (χ0) is 12.8. The summed E-state index contributed by atoms with van der Waals surface area (Å²) in [6.07, 6.45) is -0.514. The molecule has 1 aromatic rings. The Bertz CT molecular complexity index is 357. The van der Waals surface area contributed by atoms with Crippen molar-refractivity contribution in [2.45, 2.75) is 19.6 Å². The number of nitrogens with zero attached hydrogens (tertiary/aromatic N) is 1. The summed E-state index contributed by atoms with van der Waals surface area (Å²) in [6, 6.07) is 5.20. The average Bonchev–Trinajstić information content (AvgIpc) is 2.23. The predicted molar refractivity (Wildman–Crippen MR) is 65.4 cm³/mol. The number of likely N-dealkylation sites (N-methyl/N-ethyl adjacent to an activating group) is 1. The first kappa shape index (κ1) is 14.1. The summed E-state index contributed by atoms with van der Waals surface area (Å²) < 4.78 is 18.2. The second-order valence-electron chi connectivity index (χ2n) is 4.39. The molecule has 4 heteroatoms. The molecule has 0 aliphatic rings. The van der Waals surface area contributed by atoms with Crippen LogP contribution in [-0.2, 0) is 11.3 Å². The molecule has 0 saturated carbocycles. The van der Waals surface area contributed by atoms with Gasteiger partial charge in [0.15, 0.2) is 0 Å². The maximum absolute atomic E-state index is 13.3. The topological polar surface area (TPSA) is 32.7 Å². The van der Waals surface area contributed by atoms with Crippen molar-refractivity contribution in [1.29, 1.82) is 0 Å². The molecule has 1 aromatic carbocycles. The second kappa shape index (κ2) is 6.69. The summed E-state index contributed by atoms with van der Waals surface area (Å²) in [5.41, 5.74) is 1.55. The van der Waals surface area contributed by atoms with E-state index in [0.29, 0.717) is 25.3 Å². The predicted octanol–water partition coefficient (Wildman–Crippen LogP) is 1.57. The number of ether oxygens (including phenoxy) is 1. The van der Waals surface area contributed by atoms with Crippen LogP contribution < -0.4 is 0 Å². The first-order valence-electron chi connectivity index (χ1n) is 5.63. The summed E-state index contributed by atoms with van der Waals surface area (Å²) in [6.45, 7) is 3.17. The highest BCUT2D eigenvalue weighted by atomic mass is 19.1. The van der Waals surface area contributed by atoms with E-state index in [-0.39, 0.29) is 5.82 Å². The molecule has 3 nitrogen and oxygen atoms in total. The summed E-state index contributed by atoms with van der Waals surface area (Å²) in [5.74, 6) is -0.187. The zero-order valence-corrected chi connectivity index (χ0v) is 10.6. The van der Waals surface area contributed by atoms with Crippen LogP contribution in [0.3, 0.4) is 0 Å². The van der Waals surface area contributed by atoms with Crippen LogP contribution in [0.15, 0.2) is 18.2 Å². The van der Waals surface area contributed by atoms with Crippen molar-refractivity contribution in [2.24, 2.45) is 0 Å².